The van der Waals surface area contributed by atoms with Crippen LogP contribution in [0.4, 0.5) is 5.69 Å². The summed E-state index contributed by atoms with van der Waals surface area (Å²) in [5.41, 5.74) is 2.45. The third kappa shape index (κ3) is 2.51. The van der Waals surface area contributed by atoms with E-state index in [1.807, 2.05) is 12.3 Å². The van der Waals surface area contributed by atoms with Crippen LogP contribution in [-0.2, 0) is 6.42 Å². The summed E-state index contributed by atoms with van der Waals surface area (Å²) < 4.78 is 1.34. The number of nitrogens with zero attached hydrogens (tertiary/aromatic N) is 1. The fourth-order valence-electron chi connectivity index (χ4n) is 1.97. The molecular weight excluding hydrogens is 240 g/mol. The van der Waals surface area contributed by atoms with Gasteiger partial charge in [0.1, 0.15) is 0 Å². The first-order chi connectivity index (χ1) is 8.92. The number of thiophene rings is 1. The van der Waals surface area contributed by atoms with E-state index in [2.05, 4.69) is 46.0 Å². The summed E-state index contributed by atoms with van der Waals surface area (Å²) in [5, 5.41) is 6.89. The molecule has 0 saturated carbocycles. The molecule has 0 bridgehead atoms. The Bertz CT molecular complexity index is 631. The third-order valence-corrected chi connectivity index (χ3v) is 3.82. The average molecular weight is 254 g/mol. The summed E-state index contributed by atoms with van der Waals surface area (Å²) in [6.45, 7) is 0.932. The van der Waals surface area contributed by atoms with E-state index in [9.17, 15) is 0 Å². The van der Waals surface area contributed by atoms with Crippen LogP contribution in [0.5, 0.6) is 0 Å². The summed E-state index contributed by atoms with van der Waals surface area (Å²) in [6, 6.07) is 12.8. The molecule has 0 radical (unpaired) electrons. The zero-order valence-electron chi connectivity index (χ0n) is 9.97. The molecule has 2 heterocycles. The van der Waals surface area contributed by atoms with Crippen molar-refractivity contribution in [2.24, 2.45) is 0 Å². The second kappa shape index (κ2) is 5.19. The maximum absolute atomic E-state index is 4.12. The fraction of sp³-hybridized carbons (Fsp3) is 0.133. The number of hydrogen-bond acceptors (Lipinski definition) is 3. The van der Waals surface area contributed by atoms with E-state index < -0.39 is 0 Å². The molecule has 2 nitrogen and oxygen atoms in total. The van der Waals surface area contributed by atoms with Gasteiger partial charge in [-0.2, -0.15) is 0 Å². The van der Waals surface area contributed by atoms with Crippen molar-refractivity contribution in [3.63, 3.8) is 0 Å². The highest BCUT2D eigenvalue weighted by Gasteiger charge is 1.97. The van der Waals surface area contributed by atoms with Crippen LogP contribution in [-0.4, -0.2) is 11.5 Å². The molecule has 0 fully saturated rings. The highest BCUT2D eigenvalue weighted by atomic mass is 32.1. The van der Waals surface area contributed by atoms with Crippen molar-refractivity contribution in [3.8, 4) is 0 Å². The van der Waals surface area contributed by atoms with Crippen LogP contribution in [0.25, 0.3) is 10.1 Å². The van der Waals surface area contributed by atoms with Gasteiger partial charge >= 0.3 is 0 Å². The Balaban J connectivity index is 1.62. The molecule has 0 saturated heterocycles. The van der Waals surface area contributed by atoms with Gasteiger partial charge in [-0.25, -0.2) is 0 Å². The van der Waals surface area contributed by atoms with Crippen molar-refractivity contribution in [2.75, 3.05) is 11.9 Å². The maximum Gasteiger partial charge on any atom is 0.0347 e. The molecule has 3 aromatic rings. The van der Waals surface area contributed by atoms with Crippen LogP contribution >= 0.6 is 11.3 Å². The Morgan fingerprint density at radius 2 is 2.17 bits per heavy atom. The minimum atomic E-state index is 0.932. The van der Waals surface area contributed by atoms with E-state index in [1.54, 1.807) is 17.5 Å². The second-order valence-electron chi connectivity index (χ2n) is 4.21. The summed E-state index contributed by atoms with van der Waals surface area (Å²) in [4.78, 5) is 4.12. The Kier molecular flexibility index (Phi) is 3.24. The van der Waals surface area contributed by atoms with Gasteiger partial charge in [0.2, 0.25) is 0 Å². The third-order valence-electron chi connectivity index (χ3n) is 2.92. The van der Waals surface area contributed by atoms with Gasteiger partial charge in [-0.05, 0) is 53.1 Å². The van der Waals surface area contributed by atoms with Crippen LogP contribution in [0.15, 0.2) is 54.2 Å². The van der Waals surface area contributed by atoms with Crippen LogP contribution < -0.4 is 5.32 Å². The van der Waals surface area contributed by atoms with E-state index >= 15 is 0 Å². The smallest absolute Gasteiger partial charge is 0.0347 e. The first-order valence-electron chi connectivity index (χ1n) is 6.02. The number of anilines is 1. The molecule has 0 aliphatic heterocycles. The average Bonchev–Trinajstić information content (AvgIpc) is 2.87. The highest BCUT2D eigenvalue weighted by Crippen LogP contribution is 2.23. The molecule has 0 atom stereocenters. The van der Waals surface area contributed by atoms with E-state index in [1.165, 1.54) is 21.3 Å². The van der Waals surface area contributed by atoms with Crippen molar-refractivity contribution in [3.05, 3.63) is 59.7 Å². The van der Waals surface area contributed by atoms with Crippen molar-refractivity contribution < 1.29 is 0 Å². The molecule has 18 heavy (non-hydrogen) atoms. The SMILES string of the molecule is c1cncc(CCNc2ccc3sccc3c2)c1. The summed E-state index contributed by atoms with van der Waals surface area (Å²) in [6.07, 6.45) is 4.72. The molecule has 90 valence electrons. The Morgan fingerprint density at radius 1 is 1.17 bits per heavy atom. The number of benzene rings is 1. The first-order valence-corrected chi connectivity index (χ1v) is 6.90. The van der Waals surface area contributed by atoms with Gasteiger partial charge in [-0.3, -0.25) is 4.98 Å². The van der Waals surface area contributed by atoms with Gasteiger partial charge in [-0.1, -0.05) is 6.07 Å². The van der Waals surface area contributed by atoms with Crippen molar-refractivity contribution >= 4 is 27.1 Å². The van der Waals surface area contributed by atoms with Gasteiger partial charge in [0.05, 0.1) is 0 Å². The van der Waals surface area contributed by atoms with E-state index in [0.717, 1.165) is 13.0 Å². The lowest BCUT2D eigenvalue weighted by Crippen LogP contribution is -2.04. The summed E-state index contributed by atoms with van der Waals surface area (Å²) in [7, 11) is 0. The molecule has 0 aliphatic carbocycles. The van der Waals surface area contributed by atoms with Crippen LogP contribution in [0.1, 0.15) is 5.56 Å². The maximum atomic E-state index is 4.12. The number of aromatic nitrogens is 1. The number of nitrogens with one attached hydrogen (secondary N) is 1. The predicted molar refractivity (Wildman–Crippen MR) is 78.3 cm³/mol. The quantitative estimate of drug-likeness (QED) is 0.762. The molecule has 0 aliphatic rings. The van der Waals surface area contributed by atoms with Crippen molar-refractivity contribution in [1.29, 1.82) is 0 Å². The largest absolute Gasteiger partial charge is 0.385 e. The van der Waals surface area contributed by atoms with Crippen LogP contribution in [0, 0.1) is 0 Å². The minimum Gasteiger partial charge on any atom is -0.385 e. The van der Waals surface area contributed by atoms with Crippen molar-refractivity contribution in [1.82, 2.24) is 4.98 Å². The van der Waals surface area contributed by atoms with Crippen molar-refractivity contribution in [2.45, 2.75) is 6.42 Å². The standard InChI is InChI=1S/C15H14N2S/c1-2-12(11-16-7-1)5-8-17-14-3-4-15-13(10-14)6-9-18-15/h1-4,6-7,9-11,17H,5,8H2. The Hall–Kier alpha value is -1.87. The Morgan fingerprint density at radius 3 is 3.06 bits per heavy atom. The molecule has 1 aromatic carbocycles. The molecule has 0 amide bonds. The zero-order valence-corrected chi connectivity index (χ0v) is 10.8. The van der Waals surface area contributed by atoms with Crippen LogP contribution in [0.2, 0.25) is 0 Å². The molecule has 3 heteroatoms. The van der Waals surface area contributed by atoms with E-state index in [-0.39, 0.29) is 0 Å². The molecular formula is C15H14N2S. The zero-order chi connectivity index (χ0) is 12.2. The van der Waals surface area contributed by atoms with Gasteiger partial charge in [0.15, 0.2) is 0 Å². The molecule has 0 spiro atoms. The molecule has 3 rings (SSSR count). The lowest BCUT2D eigenvalue weighted by Gasteiger charge is -2.06. The number of hydrogen-bond donors (Lipinski definition) is 1. The normalized spacial score (nSPS) is 10.7. The van der Waals surface area contributed by atoms with E-state index in [4.69, 9.17) is 0 Å². The fourth-order valence-corrected chi connectivity index (χ4v) is 2.74. The number of rotatable bonds is 4. The van der Waals surface area contributed by atoms with E-state index in [0.29, 0.717) is 0 Å². The topological polar surface area (TPSA) is 24.9 Å². The summed E-state index contributed by atoms with van der Waals surface area (Å²) in [5.74, 6) is 0. The molecule has 1 N–H and O–H groups in total. The second-order valence-corrected chi connectivity index (χ2v) is 5.16. The van der Waals surface area contributed by atoms with Gasteiger partial charge in [0.25, 0.3) is 0 Å². The summed E-state index contributed by atoms with van der Waals surface area (Å²) >= 11 is 1.78. The number of fused-ring (bicyclic) bond motifs is 1. The van der Waals surface area contributed by atoms with Gasteiger partial charge < -0.3 is 5.32 Å². The lowest BCUT2D eigenvalue weighted by molar-refractivity contribution is 1.01. The number of pyridine rings is 1. The predicted octanol–water partition coefficient (Wildman–Crippen LogP) is 3.95. The first kappa shape index (κ1) is 11.2. The van der Waals surface area contributed by atoms with Gasteiger partial charge in [-0.15, -0.1) is 11.3 Å². The van der Waals surface area contributed by atoms with Crippen LogP contribution in [0.3, 0.4) is 0 Å². The highest BCUT2D eigenvalue weighted by molar-refractivity contribution is 7.17. The van der Waals surface area contributed by atoms with Gasteiger partial charge in [0, 0.05) is 29.3 Å². The molecule has 2 aromatic heterocycles. The minimum absolute atomic E-state index is 0.932. The molecule has 0 unspecified atom stereocenters. The monoisotopic (exact) mass is 254 g/mol. The lowest BCUT2D eigenvalue weighted by atomic mass is 10.2. The Labute approximate surface area is 110 Å².